The molecule has 110 valence electrons. The first kappa shape index (κ1) is 16.5. The highest BCUT2D eigenvalue weighted by Gasteiger charge is 2.18. The smallest absolute Gasteiger partial charge is 0.305 e. The summed E-state index contributed by atoms with van der Waals surface area (Å²) in [5.41, 5.74) is 0.745. The number of hydrogen-bond donors (Lipinski definition) is 2. The summed E-state index contributed by atoms with van der Waals surface area (Å²) < 4.78 is 0. The number of nitrogens with one attached hydrogen (secondary N) is 1. The molecule has 0 aliphatic rings. The number of benzene rings is 1. The van der Waals surface area contributed by atoms with Crippen molar-refractivity contribution in [3.63, 3.8) is 0 Å². The second kappa shape index (κ2) is 7.90. The molecule has 1 rings (SSSR count). The van der Waals surface area contributed by atoms with Crippen LogP contribution in [0.1, 0.15) is 44.7 Å². The lowest BCUT2D eigenvalue weighted by molar-refractivity contribution is -0.137. The molecule has 1 amide bonds. The lowest BCUT2D eigenvalue weighted by Gasteiger charge is -2.18. The average Bonchev–Trinajstić information content (AvgIpc) is 2.38. The fourth-order valence-corrected chi connectivity index (χ4v) is 1.96. The van der Waals surface area contributed by atoms with Crippen molar-refractivity contribution in [1.82, 2.24) is 5.32 Å². The molecule has 0 aromatic heterocycles. The molecule has 0 saturated carbocycles. The predicted octanol–water partition coefficient (Wildman–Crippen LogP) is 3.41. The number of hydrogen-bond acceptors (Lipinski definition) is 2. The Labute approximate surface area is 124 Å². The minimum atomic E-state index is -0.950. The summed E-state index contributed by atoms with van der Waals surface area (Å²) in [4.78, 5) is 22.8. The molecule has 4 nitrogen and oxygen atoms in total. The van der Waals surface area contributed by atoms with Crippen molar-refractivity contribution in [3.05, 3.63) is 34.9 Å². The van der Waals surface area contributed by atoms with Gasteiger partial charge in [0, 0.05) is 11.4 Å². The minimum Gasteiger partial charge on any atom is -0.481 e. The van der Waals surface area contributed by atoms with Crippen LogP contribution in [-0.4, -0.2) is 17.0 Å². The molecule has 1 aromatic rings. The standard InChI is InChI=1S/C15H20ClNO3/c1-3-10(2)8-14(18)17-13(9-15(19)20)11-4-6-12(16)7-5-11/h4-7,10,13H,3,8-9H2,1-2H3,(H,17,18)(H,19,20)/t10?,13-/m0/s1. The third kappa shape index (κ3) is 5.61. The summed E-state index contributed by atoms with van der Waals surface area (Å²) in [6, 6.07) is 6.32. The number of carbonyl (C=O) groups excluding carboxylic acids is 1. The van der Waals surface area contributed by atoms with E-state index in [1.807, 2.05) is 13.8 Å². The van der Waals surface area contributed by atoms with Gasteiger partial charge in [-0.1, -0.05) is 44.0 Å². The van der Waals surface area contributed by atoms with E-state index in [0.717, 1.165) is 12.0 Å². The third-order valence-corrected chi connectivity index (χ3v) is 3.47. The van der Waals surface area contributed by atoms with Crippen LogP contribution in [0.3, 0.4) is 0 Å². The SMILES string of the molecule is CCC(C)CC(=O)N[C@@H](CC(=O)O)c1ccc(Cl)cc1. The Morgan fingerprint density at radius 1 is 1.25 bits per heavy atom. The molecule has 5 heteroatoms. The molecule has 0 fully saturated rings. The number of carboxylic acids is 1. The zero-order chi connectivity index (χ0) is 15.1. The fourth-order valence-electron chi connectivity index (χ4n) is 1.84. The zero-order valence-corrected chi connectivity index (χ0v) is 12.5. The van der Waals surface area contributed by atoms with Gasteiger partial charge in [0.15, 0.2) is 0 Å². The minimum absolute atomic E-state index is 0.124. The summed E-state index contributed by atoms with van der Waals surface area (Å²) >= 11 is 5.81. The molecule has 0 aliphatic carbocycles. The quantitative estimate of drug-likeness (QED) is 0.810. The lowest BCUT2D eigenvalue weighted by Crippen LogP contribution is -2.31. The van der Waals surface area contributed by atoms with Gasteiger partial charge in [0.25, 0.3) is 0 Å². The van der Waals surface area contributed by atoms with Gasteiger partial charge in [-0.2, -0.15) is 0 Å². The summed E-state index contributed by atoms with van der Waals surface area (Å²) in [5, 5.41) is 12.3. The highest BCUT2D eigenvalue weighted by Crippen LogP contribution is 2.20. The van der Waals surface area contributed by atoms with Gasteiger partial charge in [0.2, 0.25) is 5.91 Å². The van der Waals surface area contributed by atoms with Gasteiger partial charge in [-0.3, -0.25) is 9.59 Å². The van der Waals surface area contributed by atoms with Crippen molar-refractivity contribution >= 4 is 23.5 Å². The Bertz CT molecular complexity index is 459. The Kier molecular flexibility index (Phi) is 6.52. The number of halogens is 1. The molecule has 0 saturated heterocycles. The van der Waals surface area contributed by atoms with Crippen molar-refractivity contribution < 1.29 is 14.7 Å². The number of rotatable bonds is 7. The molecule has 0 spiro atoms. The summed E-state index contributed by atoms with van der Waals surface area (Å²) in [5.74, 6) is -0.792. The van der Waals surface area contributed by atoms with Crippen molar-refractivity contribution in [2.24, 2.45) is 5.92 Å². The topological polar surface area (TPSA) is 66.4 Å². The van der Waals surface area contributed by atoms with Crippen molar-refractivity contribution in [3.8, 4) is 0 Å². The number of aliphatic carboxylic acids is 1. The average molecular weight is 298 g/mol. The molecule has 2 atom stereocenters. The van der Waals surface area contributed by atoms with Crippen LogP contribution in [0.2, 0.25) is 5.02 Å². The molecule has 0 aliphatic heterocycles. The number of carboxylic acid groups (broad SMARTS) is 1. The predicted molar refractivity (Wildman–Crippen MR) is 78.7 cm³/mol. The van der Waals surface area contributed by atoms with Gasteiger partial charge in [0.1, 0.15) is 0 Å². The molecule has 1 aromatic carbocycles. The van der Waals surface area contributed by atoms with Crippen LogP contribution in [0.25, 0.3) is 0 Å². The van der Waals surface area contributed by atoms with Gasteiger partial charge in [-0.15, -0.1) is 0 Å². The maximum absolute atomic E-state index is 11.9. The maximum atomic E-state index is 11.9. The van der Waals surface area contributed by atoms with E-state index in [9.17, 15) is 9.59 Å². The van der Waals surface area contributed by atoms with E-state index in [0.29, 0.717) is 11.4 Å². The second-order valence-electron chi connectivity index (χ2n) is 4.99. The van der Waals surface area contributed by atoms with E-state index in [4.69, 9.17) is 16.7 Å². The largest absolute Gasteiger partial charge is 0.481 e. The first-order valence-corrected chi connectivity index (χ1v) is 7.06. The van der Waals surface area contributed by atoms with Gasteiger partial charge >= 0.3 is 5.97 Å². The van der Waals surface area contributed by atoms with Crippen molar-refractivity contribution in [2.75, 3.05) is 0 Å². The first-order chi connectivity index (χ1) is 9.42. The Hall–Kier alpha value is -1.55. The molecular formula is C15H20ClNO3. The lowest BCUT2D eigenvalue weighted by atomic mass is 10.0. The van der Waals surface area contributed by atoms with Gasteiger partial charge < -0.3 is 10.4 Å². The maximum Gasteiger partial charge on any atom is 0.305 e. The molecule has 0 bridgehead atoms. The van der Waals surface area contributed by atoms with E-state index in [2.05, 4.69) is 5.32 Å². The van der Waals surface area contributed by atoms with Crippen LogP contribution in [-0.2, 0) is 9.59 Å². The highest BCUT2D eigenvalue weighted by atomic mass is 35.5. The van der Waals surface area contributed by atoms with E-state index >= 15 is 0 Å². The molecule has 20 heavy (non-hydrogen) atoms. The summed E-state index contributed by atoms with van der Waals surface area (Å²) in [6.45, 7) is 4.01. The normalized spacial score (nSPS) is 13.6. The zero-order valence-electron chi connectivity index (χ0n) is 11.7. The fraction of sp³-hybridized carbons (Fsp3) is 0.467. The Morgan fingerprint density at radius 2 is 1.85 bits per heavy atom. The third-order valence-electron chi connectivity index (χ3n) is 3.22. The summed E-state index contributed by atoms with van der Waals surface area (Å²) in [6.07, 6.45) is 1.17. The van der Waals surface area contributed by atoms with Crippen LogP contribution in [0.5, 0.6) is 0 Å². The Morgan fingerprint density at radius 3 is 2.35 bits per heavy atom. The molecule has 0 heterocycles. The van der Waals surface area contributed by atoms with Crippen LogP contribution < -0.4 is 5.32 Å². The van der Waals surface area contributed by atoms with E-state index in [1.165, 1.54) is 0 Å². The van der Waals surface area contributed by atoms with Crippen LogP contribution >= 0.6 is 11.6 Å². The van der Waals surface area contributed by atoms with E-state index < -0.39 is 12.0 Å². The Balaban J connectivity index is 2.76. The highest BCUT2D eigenvalue weighted by molar-refractivity contribution is 6.30. The van der Waals surface area contributed by atoms with E-state index in [-0.39, 0.29) is 18.2 Å². The molecular weight excluding hydrogens is 278 g/mol. The van der Waals surface area contributed by atoms with Crippen LogP contribution in [0, 0.1) is 5.92 Å². The number of amides is 1. The monoisotopic (exact) mass is 297 g/mol. The van der Waals surface area contributed by atoms with Gasteiger partial charge in [-0.05, 0) is 23.6 Å². The van der Waals surface area contributed by atoms with Crippen LogP contribution in [0.15, 0.2) is 24.3 Å². The molecule has 0 radical (unpaired) electrons. The van der Waals surface area contributed by atoms with Crippen molar-refractivity contribution in [1.29, 1.82) is 0 Å². The first-order valence-electron chi connectivity index (χ1n) is 6.69. The van der Waals surface area contributed by atoms with Gasteiger partial charge in [0.05, 0.1) is 12.5 Å². The summed E-state index contributed by atoms with van der Waals surface area (Å²) in [7, 11) is 0. The van der Waals surface area contributed by atoms with Crippen molar-refractivity contribution in [2.45, 2.75) is 39.2 Å². The van der Waals surface area contributed by atoms with Gasteiger partial charge in [-0.25, -0.2) is 0 Å². The van der Waals surface area contributed by atoms with E-state index in [1.54, 1.807) is 24.3 Å². The van der Waals surface area contributed by atoms with Crippen LogP contribution in [0.4, 0.5) is 0 Å². The molecule has 2 N–H and O–H groups in total. The number of carbonyl (C=O) groups is 2. The second-order valence-corrected chi connectivity index (χ2v) is 5.42. The molecule has 1 unspecified atom stereocenters.